The van der Waals surface area contributed by atoms with Gasteiger partial charge in [0.05, 0.1) is 26.3 Å². The van der Waals surface area contributed by atoms with E-state index in [9.17, 15) is 23.9 Å². The minimum atomic E-state index is -1.58. The third-order valence-corrected chi connectivity index (χ3v) is 6.76. The molecule has 1 aromatic heterocycles. The molecule has 0 spiro atoms. The largest absolute Gasteiger partial charge is 0.466 e. The van der Waals surface area contributed by atoms with Crippen molar-refractivity contribution in [2.24, 2.45) is 0 Å². The zero-order valence-electron chi connectivity index (χ0n) is 24.0. The summed E-state index contributed by atoms with van der Waals surface area (Å²) in [5.41, 5.74) is 4.83. The van der Waals surface area contributed by atoms with E-state index in [1.54, 1.807) is 12.1 Å². The average Bonchev–Trinajstić information content (AvgIpc) is 2.97. The highest BCUT2D eigenvalue weighted by molar-refractivity contribution is 7.50. The topological polar surface area (TPSA) is 155 Å². The first-order valence-electron chi connectivity index (χ1n) is 13.9. The van der Waals surface area contributed by atoms with E-state index in [0.29, 0.717) is 31.9 Å². The molecule has 0 radical (unpaired) electrons. The number of esters is 2. The van der Waals surface area contributed by atoms with Gasteiger partial charge in [-0.1, -0.05) is 57.7 Å². The Bertz CT molecular complexity index is 1050. The molecule has 1 aromatic carbocycles. The molecule has 4 N–H and O–H groups in total. The van der Waals surface area contributed by atoms with Crippen molar-refractivity contribution in [3.8, 4) is 5.75 Å². The highest BCUT2D eigenvalue weighted by Gasteiger charge is 2.28. The second kappa shape index (κ2) is 22.6. The van der Waals surface area contributed by atoms with Crippen LogP contribution < -0.4 is 21.0 Å². The van der Waals surface area contributed by atoms with Gasteiger partial charge in [-0.05, 0) is 37.5 Å². The number of nitrogens with one attached hydrogen (secondary N) is 1. The number of ether oxygens (including phenoxy) is 2. The molecule has 0 aliphatic heterocycles. The molecular weight excluding hydrogens is 554 g/mol. The van der Waals surface area contributed by atoms with Crippen LogP contribution in [0.25, 0.3) is 0 Å². The van der Waals surface area contributed by atoms with Crippen molar-refractivity contribution >= 4 is 26.1 Å². The molecule has 13 heteroatoms. The molecule has 0 fully saturated rings. The number of aliphatic hydroxyl groups is 1. The number of nitrogen functional groups attached to an aromatic ring is 1. The van der Waals surface area contributed by atoms with E-state index in [1.165, 1.54) is 16.8 Å². The van der Waals surface area contributed by atoms with Gasteiger partial charge in [-0.3, -0.25) is 18.5 Å². The summed E-state index contributed by atoms with van der Waals surface area (Å²) < 4.78 is 29.3. The number of carbonyl (C=O) groups excluding carboxylic acids is 2. The van der Waals surface area contributed by atoms with Crippen molar-refractivity contribution < 1.29 is 33.1 Å². The van der Waals surface area contributed by atoms with Gasteiger partial charge >= 0.3 is 17.6 Å². The number of para-hydroxylation sites is 1. The highest BCUT2D eigenvalue weighted by Crippen LogP contribution is 2.34. The number of anilines is 1. The summed E-state index contributed by atoms with van der Waals surface area (Å²) in [7, 11) is -1.58. The molecule has 0 amide bonds. The Morgan fingerprint density at radius 3 is 2.29 bits per heavy atom. The normalized spacial score (nSPS) is 12.0. The summed E-state index contributed by atoms with van der Waals surface area (Å²) in [6.45, 7) is 4.68. The molecule has 0 aliphatic carbocycles. The number of nitrogens with two attached hydrogens (primary N) is 1. The molecule has 230 valence electrons. The van der Waals surface area contributed by atoms with Crippen molar-refractivity contribution in [1.82, 2.24) is 14.6 Å². The Morgan fingerprint density at radius 1 is 1.05 bits per heavy atom. The lowest BCUT2D eigenvalue weighted by Crippen LogP contribution is -2.38. The Balaban J connectivity index is 0.000000580. The summed E-state index contributed by atoms with van der Waals surface area (Å²) in [4.78, 5) is 39.1. The SMILES string of the molecule is CCCCCOC(=O)CC(NP(CO)Oc1ccccc1)C(=O)OCCCCC.Nc1ccn(CCCF)c(=O)n1. The zero-order valence-corrected chi connectivity index (χ0v) is 24.9. The monoisotopic (exact) mass is 598 g/mol. The molecule has 0 bridgehead atoms. The van der Waals surface area contributed by atoms with Gasteiger partial charge in [-0.15, -0.1) is 0 Å². The van der Waals surface area contributed by atoms with Crippen LogP contribution in [0.1, 0.15) is 65.2 Å². The van der Waals surface area contributed by atoms with E-state index in [1.807, 2.05) is 18.2 Å². The van der Waals surface area contributed by atoms with Gasteiger partial charge in [0.25, 0.3) is 0 Å². The van der Waals surface area contributed by atoms with Gasteiger partial charge in [0, 0.05) is 12.7 Å². The highest BCUT2D eigenvalue weighted by atomic mass is 31.2. The predicted octanol–water partition coefficient (Wildman–Crippen LogP) is 4.33. The molecule has 2 unspecified atom stereocenters. The molecule has 2 rings (SSSR count). The molecule has 2 aromatic rings. The standard InChI is InChI=1S/C21H34NO6P.C7H10FN3O/c1-3-5-10-14-26-20(24)16-19(21(25)27-15-11-6-4-2)22-29(17-23)28-18-12-8-7-9-13-18;8-3-1-4-11-5-2-6(9)10-7(11)12/h7-9,12-13,19,22-23H,3-6,10-11,14-17H2,1-2H3;2,5H,1,3-4H2,(H2,9,10,12). The van der Waals surface area contributed by atoms with Gasteiger partial charge in [0.2, 0.25) is 0 Å². The molecule has 2 atom stereocenters. The first-order valence-corrected chi connectivity index (χ1v) is 15.4. The quantitative estimate of drug-likeness (QED) is 0.121. The Labute approximate surface area is 242 Å². The van der Waals surface area contributed by atoms with Crippen LogP contribution in [0.3, 0.4) is 0 Å². The number of aliphatic hydroxyl groups excluding tert-OH is 1. The lowest BCUT2D eigenvalue weighted by atomic mass is 10.2. The van der Waals surface area contributed by atoms with Crippen LogP contribution in [-0.2, 0) is 25.6 Å². The summed E-state index contributed by atoms with van der Waals surface area (Å²) >= 11 is 0. The number of aromatic nitrogens is 2. The maximum Gasteiger partial charge on any atom is 0.349 e. The van der Waals surface area contributed by atoms with Gasteiger partial charge in [-0.2, -0.15) is 4.98 Å². The summed E-state index contributed by atoms with van der Waals surface area (Å²) in [6.07, 6.45) is 6.92. The lowest BCUT2D eigenvalue weighted by Gasteiger charge is -2.23. The fraction of sp³-hybridized carbons (Fsp3) is 0.571. The molecule has 0 aliphatic rings. The van der Waals surface area contributed by atoms with Crippen molar-refractivity contribution in [2.75, 3.05) is 32.0 Å². The zero-order chi connectivity index (χ0) is 30.3. The van der Waals surface area contributed by atoms with E-state index in [4.69, 9.17) is 19.7 Å². The van der Waals surface area contributed by atoms with Crippen LogP contribution >= 0.6 is 8.30 Å². The fourth-order valence-electron chi connectivity index (χ4n) is 3.29. The van der Waals surface area contributed by atoms with Crippen molar-refractivity contribution in [1.29, 1.82) is 0 Å². The third kappa shape index (κ3) is 16.7. The van der Waals surface area contributed by atoms with Crippen molar-refractivity contribution in [3.63, 3.8) is 0 Å². The van der Waals surface area contributed by atoms with Gasteiger partial charge in [-0.25, -0.2) is 9.88 Å². The second-order valence-electron chi connectivity index (χ2n) is 8.98. The lowest BCUT2D eigenvalue weighted by molar-refractivity contribution is -0.152. The number of carbonyl (C=O) groups is 2. The van der Waals surface area contributed by atoms with E-state index < -0.39 is 38.6 Å². The number of alkyl halides is 1. The van der Waals surface area contributed by atoms with Crippen molar-refractivity contribution in [2.45, 2.75) is 77.8 Å². The van der Waals surface area contributed by atoms with Crippen molar-refractivity contribution in [3.05, 3.63) is 53.1 Å². The molecule has 41 heavy (non-hydrogen) atoms. The van der Waals surface area contributed by atoms with E-state index in [2.05, 4.69) is 23.9 Å². The second-order valence-corrected chi connectivity index (χ2v) is 10.5. The van der Waals surface area contributed by atoms with Gasteiger partial charge < -0.3 is 24.8 Å². The Morgan fingerprint density at radius 2 is 1.71 bits per heavy atom. The third-order valence-electron chi connectivity index (χ3n) is 5.47. The number of nitrogens with zero attached hydrogens (tertiary/aromatic N) is 2. The summed E-state index contributed by atoms with van der Waals surface area (Å²) in [5.74, 6) is -0.255. The number of hydrogen-bond donors (Lipinski definition) is 3. The predicted molar refractivity (Wildman–Crippen MR) is 157 cm³/mol. The maximum absolute atomic E-state index is 12.5. The number of rotatable bonds is 19. The Kier molecular flexibility index (Phi) is 19.8. The van der Waals surface area contributed by atoms with Gasteiger partial charge in [0.1, 0.15) is 24.0 Å². The minimum Gasteiger partial charge on any atom is -0.466 e. The molecule has 0 saturated heterocycles. The van der Waals surface area contributed by atoms with Gasteiger partial charge in [0.15, 0.2) is 8.30 Å². The van der Waals surface area contributed by atoms with Crippen LogP contribution in [0.5, 0.6) is 5.75 Å². The minimum absolute atomic E-state index is 0.171. The Hall–Kier alpha value is -3.08. The summed E-state index contributed by atoms with van der Waals surface area (Å²) in [5, 5.41) is 12.6. The van der Waals surface area contributed by atoms with Crippen LogP contribution in [0, 0.1) is 0 Å². The van der Waals surface area contributed by atoms with E-state index in [-0.39, 0.29) is 18.6 Å². The smallest absolute Gasteiger partial charge is 0.349 e. The molecule has 11 nitrogen and oxygen atoms in total. The van der Waals surface area contributed by atoms with Crippen LogP contribution in [-0.4, -0.2) is 58.9 Å². The average molecular weight is 599 g/mol. The number of aryl methyl sites for hydroxylation is 1. The summed E-state index contributed by atoms with van der Waals surface area (Å²) in [6, 6.07) is 9.57. The van der Waals surface area contributed by atoms with Crippen LogP contribution in [0.4, 0.5) is 10.2 Å². The first kappa shape index (κ1) is 35.9. The van der Waals surface area contributed by atoms with E-state index in [0.717, 1.165) is 38.5 Å². The van der Waals surface area contributed by atoms with E-state index >= 15 is 0 Å². The number of benzene rings is 1. The number of hydrogen-bond acceptors (Lipinski definition) is 10. The number of unbranched alkanes of at least 4 members (excludes halogenated alkanes) is 4. The maximum atomic E-state index is 12.5. The van der Waals surface area contributed by atoms with Crippen LogP contribution in [0.15, 0.2) is 47.4 Å². The van der Waals surface area contributed by atoms with Crippen LogP contribution in [0.2, 0.25) is 0 Å². The number of halogens is 1. The first-order chi connectivity index (χ1) is 19.8. The fourth-order valence-corrected chi connectivity index (χ4v) is 4.40. The molecular formula is C28H44FN4O7P. The molecule has 0 saturated carbocycles. The molecule has 1 heterocycles.